The van der Waals surface area contributed by atoms with Gasteiger partial charge in [0.2, 0.25) is 5.91 Å². The predicted molar refractivity (Wildman–Crippen MR) is 58.9 cm³/mol. The Bertz CT molecular complexity index is 428. The maximum Gasteiger partial charge on any atom is 0.306 e. The van der Waals surface area contributed by atoms with Crippen molar-refractivity contribution >= 4 is 17.6 Å². The SMILES string of the molecule is COC(=O)C[C@H]1Cc2ccccc2NC1=O. The molecule has 0 bridgehead atoms. The molecule has 1 atom stereocenters. The molecule has 84 valence electrons. The number of amides is 1. The topological polar surface area (TPSA) is 55.4 Å². The van der Waals surface area contributed by atoms with E-state index in [1.807, 2.05) is 24.3 Å². The van der Waals surface area contributed by atoms with Crippen molar-refractivity contribution in [2.45, 2.75) is 12.8 Å². The Morgan fingerprint density at radius 2 is 2.25 bits per heavy atom. The molecule has 0 fully saturated rings. The molecule has 0 saturated carbocycles. The largest absolute Gasteiger partial charge is 0.469 e. The molecule has 0 aliphatic carbocycles. The lowest BCUT2D eigenvalue weighted by atomic mass is 9.91. The number of nitrogens with one attached hydrogen (secondary N) is 1. The highest BCUT2D eigenvalue weighted by Gasteiger charge is 2.27. The summed E-state index contributed by atoms with van der Waals surface area (Å²) in [6, 6.07) is 7.62. The first kappa shape index (κ1) is 10.7. The minimum Gasteiger partial charge on any atom is -0.469 e. The Morgan fingerprint density at radius 1 is 1.50 bits per heavy atom. The smallest absolute Gasteiger partial charge is 0.306 e. The Morgan fingerprint density at radius 3 is 3.00 bits per heavy atom. The second-order valence-corrected chi connectivity index (χ2v) is 3.83. The van der Waals surface area contributed by atoms with Crippen molar-refractivity contribution in [2.24, 2.45) is 5.92 Å². The fourth-order valence-corrected chi connectivity index (χ4v) is 1.86. The Kier molecular flexibility index (Phi) is 2.90. The molecule has 4 heteroatoms. The number of anilines is 1. The van der Waals surface area contributed by atoms with Crippen LogP contribution in [0.25, 0.3) is 0 Å². The third-order valence-corrected chi connectivity index (χ3v) is 2.75. The number of hydrogen-bond acceptors (Lipinski definition) is 3. The minimum atomic E-state index is -0.348. The normalized spacial score (nSPS) is 18.6. The number of para-hydroxylation sites is 1. The van der Waals surface area contributed by atoms with E-state index in [1.165, 1.54) is 7.11 Å². The van der Waals surface area contributed by atoms with Gasteiger partial charge < -0.3 is 10.1 Å². The van der Waals surface area contributed by atoms with Gasteiger partial charge in [-0.05, 0) is 18.1 Å². The molecule has 1 N–H and O–H groups in total. The van der Waals surface area contributed by atoms with Gasteiger partial charge in [0.1, 0.15) is 0 Å². The van der Waals surface area contributed by atoms with Crippen LogP contribution in [-0.2, 0) is 20.7 Å². The molecular weight excluding hydrogens is 206 g/mol. The molecule has 0 saturated heterocycles. The zero-order chi connectivity index (χ0) is 11.5. The van der Waals surface area contributed by atoms with Gasteiger partial charge in [-0.15, -0.1) is 0 Å². The Balaban J connectivity index is 2.15. The summed E-state index contributed by atoms with van der Waals surface area (Å²) in [6.45, 7) is 0. The van der Waals surface area contributed by atoms with E-state index in [9.17, 15) is 9.59 Å². The molecular formula is C12H13NO3. The van der Waals surface area contributed by atoms with Gasteiger partial charge in [-0.2, -0.15) is 0 Å². The second kappa shape index (κ2) is 4.35. The van der Waals surface area contributed by atoms with Crippen LogP contribution in [-0.4, -0.2) is 19.0 Å². The van der Waals surface area contributed by atoms with Crippen molar-refractivity contribution in [1.82, 2.24) is 0 Å². The first-order valence-corrected chi connectivity index (χ1v) is 5.16. The zero-order valence-corrected chi connectivity index (χ0v) is 9.03. The molecule has 1 aliphatic rings. The summed E-state index contributed by atoms with van der Waals surface area (Å²) in [6.07, 6.45) is 0.730. The van der Waals surface area contributed by atoms with E-state index in [0.29, 0.717) is 6.42 Å². The quantitative estimate of drug-likeness (QED) is 0.764. The fraction of sp³-hybridized carbons (Fsp3) is 0.333. The number of rotatable bonds is 2. The van der Waals surface area contributed by atoms with Crippen molar-refractivity contribution in [3.63, 3.8) is 0 Å². The van der Waals surface area contributed by atoms with Crippen molar-refractivity contribution in [3.8, 4) is 0 Å². The minimum absolute atomic E-state index is 0.107. The molecule has 2 rings (SSSR count). The third kappa shape index (κ3) is 2.05. The molecule has 1 aliphatic heterocycles. The summed E-state index contributed by atoms with van der Waals surface area (Å²) in [7, 11) is 1.33. The molecule has 0 spiro atoms. The van der Waals surface area contributed by atoms with Crippen LogP contribution < -0.4 is 5.32 Å². The van der Waals surface area contributed by atoms with Crippen LogP contribution in [0, 0.1) is 5.92 Å². The number of carbonyl (C=O) groups is 2. The summed E-state index contributed by atoms with van der Waals surface area (Å²) in [4.78, 5) is 22.8. The van der Waals surface area contributed by atoms with Gasteiger partial charge in [0.25, 0.3) is 0 Å². The lowest BCUT2D eigenvalue weighted by molar-refractivity contribution is -0.143. The number of carbonyl (C=O) groups excluding carboxylic acids is 2. The van der Waals surface area contributed by atoms with Crippen molar-refractivity contribution in [2.75, 3.05) is 12.4 Å². The van der Waals surface area contributed by atoms with Crippen LogP contribution in [0.15, 0.2) is 24.3 Å². The van der Waals surface area contributed by atoms with E-state index in [-0.39, 0.29) is 24.2 Å². The number of esters is 1. The highest BCUT2D eigenvalue weighted by Crippen LogP contribution is 2.26. The molecule has 1 amide bonds. The molecule has 16 heavy (non-hydrogen) atoms. The molecule has 0 aromatic heterocycles. The highest BCUT2D eigenvalue weighted by atomic mass is 16.5. The van der Waals surface area contributed by atoms with Crippen molar-refractivity contribution in [3.05, 3.63) is 29.8 Å². The average Bonchev–Trinajstić information content (AvgIpc) is 2.30. The van der Waals surface area contributed by atoms with Crippen LogP contribution in [0.4, 0.5) is 5.69 Å². The van der Waals surface area contributed by atoms with Crippen molar-refractivity contribution in [1.29, 1.82) is 0 Å². The Hall–Kier alpha value is -1.84. The van der Waals surface area contributed by atoms with E-state index >= 15 is 0 Å². The lowest BCUT2D eigenvalue weighted by Crippen LogP contribution is -2.31. The second-order valence-electron chi connectivity index (χ2n) is 3.83. The molecule has 4 nitrogen and oxygen atoms in total. The molecule has 1 aromatic rings. The fourth-order valence-electron chi connectivity index (χ4n) is 1.86. The van der Waals surface area contributed by atoms with Gasteiger partial charge in [0, 0.05) is 5.69 Å². The van der Waals surface area contributed by atoms with E-state index in [4.69, 9.17) is 0 Å². The summed E-state index contributed by atoms with van der Waals surface area (Å²) < 4.78 is 4.57. The first-order chi connectivity index (χ1) is 7.70. The average molecular weight is 219 g/mol. The Labute approximate surface area is 93.6 Å². The standard InChI is InChI=1S/C12H13NO3/c1-16-11(14)7-9-6-8-4-2-3-5-10(8)13-12(9)15/h2-5,9H,6-7H2,1H3,(H,13,15)/t9-/m1/s1. The maximum atomic E-state index is 11.7. The van der Waals surface area contributed by atoms with E-state index in [2.05, 4.69) is 10.1 Å². The van der Waals surface area contributed by atoms with Crippen LogP contribution in [0.2, 0.25) is 0 Å². The molecule has 0 radical (unpaired) electrons. The first-order valence-electron chi connectivity index (χ1n) is 5.16. The summed E-state index contributed by atoms with van der Waals surface area (Å²) in [5.41, 5.74) is 1.91. The van der Waals surface area contributed by atoms with Gasteiger partial charge in [-0.1, -0.05) is 18.2 Å². The summed E-state index contributed by atoms with van der Waals surface area (Å²) in [5.74, 6) is -0.772. The lowest BCUT2D eigenvalue weighted by Gasteiger charge is -2.23. The van der Waals surface area contributed by atoms with Crippen LogP contribution >= 0.6 is 0 Å². The number of ether oxygens (including phenoxy) is 1. The molecule has 0 unspecified atom stereocenters. The number of fused-ring (bicyclic) bond motifs is 1. The zero-order valence-electron chi connectivity index (χ0n) is 9.03. The molecule has 1 aromatic carbocycles. The van der Waals surface area contributed by atoms with Crippen LogP contribution in [0.3, 0.4) is 0 Å². The highest BCUT2D eigenvalue weighted by molar-refractivity contribution is 5.97. The van der Waals surface area contributed by atoms with Crippen LogP contribution in [0.5, 0.6) is 0 Å². The number of hydrogen-bond donors (Lipinski definition) is 1. The number of benzene rings is 1. The van der Waals surface area contributed by atoms with Gasteiger partial charge in [-0.25, -0.2) is 0 Å². The summed E-state index contributed by atoms with van der Waals surface area (Å²) in [5, 5.41) is 2.79. The van der Waals surface area contributed by atoms with E-state index < -0.39 is 0 Å². The van der Waals surface area contributed by atoms with Gasteiger partial charge in [0.05, 0.1) is 19.4 Å². The van der Waals surface area contributed by atoms with Gasteiger partial charge in [0.15, 0.2) is 0 Å². The predicted octanol–water partition coefficient (Wildman–Crippen LogP) is 1.36. The van der Waals surface area contributed by atoms with Crippen molar-refractivity contribution < 1.29 is 14.3 Å². The van der Waals surface area contributed by atoms with Crippen LogP contribution in [0.1, 0.15) is 12.0 Å². The van der Waals surface area contributed by atoms with Gasteiger partial charge >= 0.3 is 5.97 Å². The molecule has 1 heterocycles. The van der Waals surface area contributed by atoms with E-state index in [1.54, 1.807) is 0 Å². The third-order valence-electron chi connectivity index (χ3n) is 2.75. The monoisotopic (exact) mass is 219 g/mol. The summed E-state index contributed by atoms with van der Waals surface area (Å²) >= 11 is 0. The van der Waals surface area contributed by atoms with Gasteiger partial charge in [-0.3, -0.25) is 9.59 Å². The number of methoxy groups -OCH3 is 1. The van der Waals surface area contributed by atoms with E-state index in [0.717, 1.165) is 11.3 Å². The maximum absolute atomic E-state index is 11.7.